The van der Waals surface area contributed by atoms with Crippen LogP contribution in [-0.2, 0) is 0 Å². The molecule has 70 valence electrons. The van der Waals surface area contributed by atoms with Crippen molar-refractivity contribution in [1.82, 2.24) is 5.48 Å². The summed E-state index contributed by atoms with van der Waals surface area (Å²) in [7, 11) is 1.36. The molecule has 0 aliphatic carbocycles. The summed E-state index contributed by atoms with van der Waals surface area (Å²) in [5, 5.41) is 17.4. The molecule has 5 heteroatoms. The van der Waals surface area contributed by atoms with E-state index in [0.29, 0.717) is 0 Å². The van der Waals surface area contributed by atoms with Crippen LogP contribution in [0.25, 0.3) is 0 Å². The molecule has 1 amide bonds. The van der Waals surface area contributed by atoms with Crippen LogP contribution in [0.15, 0.2) is 18.2 Å². The fourth-order valence-corrected chi connectivity index (χ4v) is 0.928. The monoisotopic (exact) mass is 183 g/mol. The third kappa shape index (κ3) is 1.88. The zero-order chi connectivity index (χ0) is 9.84. The zero-order valence-electron chi connectivity index (χ0n) is 6.94. The molecule has 0 fully saturated rings. The van der Waals surface area contributed by atoms with Gasteiger partial charge in [-0.25, -0.2) is 5.48 Å². The molecule has 1 aromatic carbocycles. The van der Waals surface area contributed by atoms with Gasteiger partial charge in [-0.2, -0.15) is 0 Å². The molecule has 0 atom stereocenters. The molecule has 0 heterocycles. The van der Waals surface area contributed by atoms with Crippen LogP contribution in [0.4, 0.5) is 0 Å². The van der Waals surface area contributed by atoms with Gasteiger partial charge in [-0.3, -0.25) is 10.0 Å². The van der Waals surface area contributed by atoms with Gasteiger partial charge in [0.05, 0.1) is 12.7 Å². The summed E-state index contributed by atoms with van der Waals surface area (Å²) in [6.07, 6.45) is 0. The molecule has 3 N–H and O–H groups in total. The van der Waals surface area contributed by atoms with Crippen molar-refractivity contribution in [3.05, 3.63) is 23.8 Å². The van der Waals surface area contributed by atoms with Crippen LogP contribution in [0.3, 0.4) is 0 Å². The molecule has 0 spiro atoms. The number of carbonyl (C=O) groups excluding carboxylic acids is 1. The van der Waals surface area contributed by atoms with Crippen molar-refractivity contribution in [3.8, 4) is 11.5 Å². The quantitative estimate of drug-likeness (QED) is 0.461. The summed E-state index contributed by atoms with van der Waals surface area (Å²) < 4.78 is 4.82. The number of phenols is 1. The van der Waals surface area contributed by atoms with E-state index in [1.165, 1.54) is 30.8 Å². The van der Waals surface area contributed by atoms with Crippen molar-refractivity contribution in [2.45, 2.75) is 0 Å². The Morgan fingerprint density at radius 3 is 2.77 bits per heavy atom. The first-order chi connectivity index (χ1) is 6.19. The van der Waals surface area contributed by atoms with E-state index in [1.807, 2.05) is 0 Å². The molecule has 0 unspecified atom stereocenters. The van der Waals surface area contributed by atoms with E-state index < -0.39 is 5.91 Å². The fraction of sp³-hybridized carbons (Fsp3) is 0.125. The molecular formula is C8H9NO4. The third-order valence-electron chi connectivity index (χ3n) is 1.53. The maximum atomic E-state index is 11.0. The van der Waals surface area contributed by atoms with Gasteiger partial charge in [0.25, 0.3) is 5.91 Å². The van der Waals surface area contributed by atoms with Gasteiger partial charge in [-0.15, -0.1) is 0 Å². The smallest absolute Gasteiger partial charge is 0.278 e. The Hall–Kier alpha value is -1.75. The second-order valence-electron chi connectivity index (χ2n) is 2.33. The van der Waals surface area contributed by atoms with Crippen LogP contribution in [-0.4, -0.2) is 23.3 Å². The second kappa shape index (κ2) is 3.77. The second-order valence-corrected chi connectivity index (χ2v) is 2.33. The maximum Gasteiger partial charge on any atom is 0.278 e. The molecule has 0 saturated carbocycles. The maximum absolute atomic E-state index is 11.0. The highest BCUT2D eigenvalue weighted by Gasteiger charge is 2.11. The Labute approximate surface area is 74.5 Å². The SMILES string of the molecule is COc1cc(O)ccc1C(=O)NO. The number of methoxy groups -OCH3 is 1. The topological polar surface area (TPSA) is 78.8 Å². The lowest BCUT2D eigenvalue weighted by atomic mass is 10.2. The number of carbonyl (C=O) groups is 1. The van der Waals surface area contributed by atoms with E-state index in [9.17, 15) is 4.79 Å². The van der Waals surface area contributed by atoms with Crippen LogP contribution in [0.2, 0.25) is 0 Å². The number of hydrogen-bond donors (Lipinski definition) is 3. The molecule has 0 radical (unpaired) electrons. The van der Waals surface area contributed by atoms with Crippen LogP contribution in [0.5, 0.6) is 11.5 Å². The lowest BCUT2D eigenvalue weighted by Crippen LogP contribution is -2.19. The van der Waals surface area contributed by atoms with E-state index in [0.717, 1.165) is 0 Å². The highest BCUT2D eigenvalue weighted by molar-refractivity contribution is 5.96. The number of amides is 1. The van der Waals surface area contributed by atoms with Crippen molar-refractivity contribution < 1.29 is 19.8 Å². The molecule has 13 heavy (non-hydrogen) atoms. The molecule has 1 aromatic rings. The highest BCUT2D eigenvalue weighted by atomic mass is 16.5. The van der Waals surface area contributed by atoms with Gasteiger partial charge in [-0.1, -0.05) is 0 Å². The molecule has 0 bridgehead atoms. The number of aromatic hydroxyl groups is 1. The summed E-state index contributed by atoms with van der Waals surface area (Å²) >= 11 is 0. The standard InChI is InChI=1S/C8H9NO4/c1-13-7-4-5(10)2-3-6(7)8(11)9-12/h2-4,10,12H,1H3,(H,9,11). The van der Waals surface area contributed by atoms with E-state index in [2.05, 4.69) is 0 Å². The van der Waals surface area contributed by atoms with Crippen LogP contribution >= 0.6 is 0 Å². The summed E-state index contributed by atoms with van der Waals surface area (Å²) in [5.41, 5.74) is 1.63. The van der Waals surface area contributed by atoms with Gasteiger partial charge in [0.2, 0.25) is 0 Å². The number of benzene rings is 1. The minimum atomic E-state index is -0.683. The lowest BCUT2D eigenvalue weighted by Gasteiger charge is -2.06. The summed E-state index contributed by atoms with van der Waals surface area (Å²) in [6, 6.07) is 3.96. The Morgan fingerprint density at radius 1 is 1.54 bits per heavy atom. The number of nitrogens with one attached hydrogen (secondary N) is 1. The Kier molecular flexibility index (Phi) is 2.71. The van der Waals surface area contributed by atoms with Gasteiger partial charge >= 0.3 is 0 Å². The largest absolute Gasteiger partial charge is 0.508 e. The van der Waals surface area contributed by atoms with Crippen molar-refractivity contribution in [2.75, 3.05) is 7.11 Å². The molecule has 0 aliphatic heterocycles. The van der Waals surface area contributed by atoms with Gasteiger partial charge < -0.3 is 9.84 Å². The van der Waals surface area contributed by atoms with E-state index in [4.69, 9.17) is 15.1 Å². The average Bonchev–Trinajstić information content (AvgIpc) is 2.16. The van der Waals surface area contributed by atoms with Gasteiger partial charge in [-0.05, 0) is 12.1 Å². The Morgan fingerprint density at radius 2 is 2.23 bits per heavy atom. The number of hydrogen-bond acceptors (Lipinski definition) is 4. The fourth-order valence-electron chi connectivity index (χ4n) is 0.928. The summed E-state index contributed by atoms with van der Waals surface area (Å²) in [5.74, 6) is -0.491. The first-order valence-electron chi connectivity index (χ1n) is 3.50. The number of ether oxygens (including phenoxy) is 1. The summed E-state index contributed by atoms with van der Waals surface area (Å²) in [6.45, 7) is 0. The zero-order valence-corrected chi connectivity index (χ0v) is 6.94. The molecule has 1 rings (SSSR count). The highest BCUT2D eigenvalue weighted by Crippen LogP contribution is 2.23. The van der Waals surface area contributed by atoms with Crippen molar-refractivity contribution in [1.29, 1.82) is 0 Å². The van der Waals surface area contributed by atoms with E-state index in [1.54, 1.807) is 0 Å². The minimum absolute atomic E-state index is 0.00802. The number of hydroxylamine groups is 1. The molecule has 0 aliphatic rings. The van der Waals surface area contributed by atoms with Crippen LogP contribution < -0.4 is 10.2 Å². The van der Waals surface area contributed by atoms with Crippen molar-refractivity contribution in [2.24, 2.45) is 0 Å². The molecule has 5 nitrogen and oxygen atoms in total. The Balaban J connectivity index is 3.13. The van der Waals surface area contributed by atoms with Crippen molar-refractivity contribution >= 4 is 5.91 Å². The molecule has 0 saturated heterocycles. The average molecular weight is 183 g/mol. The minimum Gasteiger partial charge on any atom is -0.508 e. The lowest BCUT2D eigenvalue weighted by molar-refractivity contribution is 0.0703. The number of rotatable bonds is 2. The van der Waals surface area contributed by atoms with Crippen LogP contribution in [0, 0.1) is 0 Å². The van der Waals surface area contributed by atoms with Crippen molar-refractivity contribution in [3.63, 3.8) is 0 Å². The van der Waals surface area contributed by atoms with E-state index >= 15 is 0 Å². The molecule has 0 aromatic heterocycles. The summed E-state index contributed by atoms with van der Waals surface area (Å²) in [4.78, 5) is 11.0. The van der Waals surface area contributed by atoms with E-state index in [-0.39, 0.29) is 17.1 Å². The number of phenolic OH excluding ortho intramolecular Hbond substituents is 1. The Bertz CT molecular complexity index is 324. The predicted octanol–water partition coefficient (Wildman–Crippen LogP) is 0.520. The third-order valence-corrected chi connectivity index (χ3v) is 1.53. The molecular weight excluding hydrogens is 174 g/mol. The van der Waals surface area contributed by atoms with Gasteiger partial charge in [0.15, 0.2) is 0 Å². The van der Waals surface area contributed by atoms with Gasteiger partial charge in [0, 0.05) is 6.07 Å². The predicted molar refractivity (Wildman–Crippen MR) is 43.9 cm³/mol. The first-order valence-corrected chi connectivity index (χ1v) is 3.50. The van der Waals surface area contributed by atoms with Gasteiger partial charge in [0.1, 0.15) is 11.5 Å². The van der Waals surface area contributed by atoms with Crippen LogP contribution in [0.1, 0.15) is 10.4 Å². The normalized spacial score (nSPS) is 9.38. The first kappa shape index (κ1) is 9.34.